The van der Waals surface area contributed by atoms with Crippen molar-refractivity contribution in [1.29, 1.82) is 0 Å². The predicted octanol–water partition coefficient (Wildman–Crippen LogP) is 3.92. The number of ketones is 1. The van der Waals surface area contributed by atoms with E-state index in [1.807, 2.05) is 12.3 Å². The van der Waals surface area contributed by atoms with Crippen LogP contribution in [-0.2, 0) is 0 Å². The quantitative estimate of drug-likeness (QED) is 0.617. The average molecular weight is 264 g/mol. The molecule has 0 unspecified atom stereocenters. The van der Waals surface area contributed by atoms with Crippen molar-refractivity contribution in [2.75, 3.05) is 6.26 Å². The van der Waals surface area contributed by atoms with Crippen molar-refractivity contribution < 1.29 is 13.6 Å². The van der Waals surface area contributed by atoms with Crippen molar-refractivity contribution in [3.8, 4) is 0 Å². The first-order chi connectivity index (χ1) is 8.61. The maximum atomic E-state index is 13.5. The Morgan fingerprint density at radius 1 is 1.11 bits per heavy atom. The monoisotopic (exact) mass is 264 g/mol. The Kier molecular flexibility index (Phi) is 3.77. The molecule has 2 aromatic rings. The number of carbonyl (C=O) groups is 1. The molecular weight excluding hydrogens is 254 g/mol. The van der Waals surface area contributed by atoms with Gasteiger partial charge in [0.1, 0.15) is 11.6 Å². The van der Waals surface area contributed by atoms with Gasteiger partial charge in [0, 0.05) is 10.5 Å². The molecule has 0 amide bonds. The van der Waals surface area contributed by atoms with Crippen LogP contribution < -0.4 is 0 Å². The van der Waals surface area contributed by atoms with Gasteiger partial charge >= 0.3 is 0 Å². The molecule has 0 aliphatic carbocycles. The summed E-state index contributed by atoms with van der Waals surface area (Å²) in [4.78, 5) is 13.0. The third kappa shape index (κ3) is 2.59. The molecule has 0 saturated heterocycles. The fourth-order valence-electron chi connectivity index (χ4n) is 1.59. The van der Waals surface area contributed by atoms with Crippen molar-refractivity contribution in [3.05, 3.63) is 65.2 Å². The first-order valence-corrected chi connectivity index (χ1v) is 6.48. The molecule has 0 heterocycles. The normalized spacial score (nSPS) is 10.4. The molecule has 0 aliphatic rings. The maximum Gasteiger partial charge on any atom is 0.196 e. The SMILES string of the molecule is CSc1cccc(C(=O)c2cc(F)ccc2F)c1. The second-order valence-corrected chi connectivity index (χ2v) is 4.56. The molecule has 4 heteroatoms. The van der Waals surface area contributed by atoms with Gasteiger partial charge in [-0.25, -0.2) is 8.78 Å². The van der Waals surface area contributed by atoms with E-state index in [9.17, 15) is 13.6 Å². The summed E-state index contributed by atoms with van der Waals surface area (Å²) >= 11 is 1.48. The minimum Gasteiger partial charge on any atom is -0.288 e. The Balaban J connectivity index is 2.44. The van der Waals surface area contributed by atoms with Crippen LogP contribution in [-0.4, -0.2) is 12.0 Å². The van der Waals surface area contributed by atoms with Gasteiger partial charge in [0.25, 0.3) is 0 Å². The smallest absolute Gasteiger partial charge is 0.196 e. The van der Waals surface area contributed by atoms with Crippen LogP contribution >= 0.6 is 11.8 Å². The largest absolute Gasteiger partial charge is 0.288 e. The summed E-state index contributed by atoms with van der Waals surface area (Å²) in [5.41, 5.74) is 0.111. The van der Waals surface area contributed by atoms with Gasteiger partial charge in [0.05, 0.1) is 5.56 Å². The van der Waals surface area contributed by atoms with Crippen LogP contribution in [0.15, 0.2) is 47.4 Å². The topological polar surface area (TPSA) is 17.1 Å². The van der Waals surface area contributed by atoms with E-state index in [-0.39, 0.29) is 5.56 Å². The average Bonchev–Trinajstić information content (AvgIpc) is 2.41. The molecule has 0 aliphatic heterocycles. The Hall–Kier alpha value is -1.68. The number of thioether (sulfide) groups is 1. The van der Waals surface area contributed by atoms with Crippen molar-refractivity contribution in [3.63, 3.8) is 0 Å². The molecule has 0 fully saturated rings. The summed E-state index contributed by atoms with van der Waals surface area (Å²) in [6.07, 6.45) is 1.88. The fraction of sp³-hybridized carbons (Fsp3) is 0.0714. The molecule has 1 nitrogen and oxygen atoms in total. The molecule has 0 radical (unpaired) electrons. The van der Waals surface area contributed by atoms with Gasteiger partial charge in [0.2, 0.25) is 0 Å². The van der Waals surface area contributed by atoms with Crippen molar-refractivity contribution >= 4 is 17.5 Å². The number of halogens is 2. The summed E-state index contributed by atoms with van der Waals surface area (Å²) in [5.74, 6) is -1.85. The van der Waals surface area contributed by atoms with Gasteiger partial charge in [0.15, 0.2) is 5.78 Å². The predicted molar refractivity (Wildman–Crippen MR) is 68.0 cm³/mol. The lowest BCUT2D eigenvalue weighted by molar-refractivity contribution is 0.103. The third-order valence-corrected chi connectivity index (χ3v) is 3.23. The van der Waals surface area contributed by atoms with E-state index in [1.165, 1.54) is 11.8 Å². The number of carbonyl (C=O) groups excluding carboxylic acids is 1. The first kappa shape index (κ1) is 12.8. The Morgan fingerprint density at radius 3 is 2.61 bits per heavy atom. The van der Waals surface area contributed by atoms with E-state index < -0.39 is 17.4 Å². The summed E-state index contributed by atoms with van der Waals surface area (Å²) in [6, 6.07) is 9.69. The number of benzene rings is 2. The van der Waals surface area contributed by atoms with Crippen LogP contribution in [0.3, 0.4) is 0 Å². The Labute approximate surface area is 108 Å². The number of hydrogen-bond acceptors (Lipinski definition) is 2. The van der Waals surface area contributed by atoms with Gasteiger partial charge < -0.3 is 0 Å². The zero-order valence-electron chi connectivity index (χ0n) is 9.61. The van der Waals surface area contributed by atoms with E-state index in [4.69, 9.17) is 0 Å². The van der Waals surface area contributed by atoms with E-state index in [0.29, 0.717) is 5.56 Å². The zero-order chi connectivity index (χ0) is 13.1. The Bertz CT molecular complexity index is 596. The van der Waals surface area contributed by atoms with Crippen molar-refractivity contribution in [2.45, 2.75) is 4.90 Å². The summed E-state index contributed by atoms with van der Waals surface area (Å²) in [7, 11) is 0. The highest BCUT2D eigenvalue weighted by atomic mass is 32.2. The molecule has 92 valence electrons. The fourth-order valence-corrected chi connectivity index (χ4v) is 2.05. The van der Waals surface area contributed by atoms with Gasteiger partial charge in [-0.1, -0.05) is 12.1 Å². The van der Waals surface area contributed by atoms with Crippen LogP contribution in [0.1, 0.15) is 15.9 Å². The lowest BCUT2D eigenvalue weighted by Crippen LogP contribution is -2.05. The zero-order valence-corrected chi connectivity index (χ0v) is 10.4. The standard InChI is InChI=1S/C14H10F2OS/c1-18-11-4-2-3-9(7-11)14(17)12-8-10(15)5-6-13(12)16/h2-8H,1H3. The van der Waals surface area contributed by atoms with Gasteiger partial charge in [-0.2, -0.15) is 0 Å². The van der Waals surface area contributed by atoms with Gasteiger partial charge in [-0.3, -0.25) is 4.79 Å². The number of rotatable bonds is 3. The minimum atomic E-state index is -0.712. The van der Waals surface area contributed by atoms with Gasteiger partial charge in [-0.05, 0) is 36.6 Å². The lowest BCUT2D eigenvalue weighted by Gasteiger charge is -2.04. The molecule has 0 saturated carbocycles. The summed E-state index contributed by atoms with van der Waals surface area (Å²) < 4.78 is 26.5. The van der Waals surface area contributed by atoms with Crippen LogP contribution in [0.4, 0.5) is 8.78 Å². The van der Waals surface area contributed by atoms with Crippen LogP contribution in [0.5, 0.6) is 0 Å². The van der Waals surface area contributed by atoms with E-state index in [0.717, 1.165) is 23.1 Å². The lowest BCUT2D eigenvalue weighted by atomic mass is 10.0. The molecule has 18 heavy (non-hydrogen) atoms. The molecule has 0 aromatic heterocycles. The van der Waals surface area contributed by atoms with Crippen molar-refractivity contribution in [2.24, 2.45) is 0 Å². The summed E-state index contributed by atoms with van der Waals surface area (Å²) in [6.45, 7) is 0. The number of hydrogen-bond donors (Lipinski definition) is 0. The highest BCUT2D eigenvalue weighted by molar-refractivity contribution is 7.98. The molecule has 0 N–H and O–H groups in total. The maximum absolute atomic E-state index is 13.5. The molecule has 0 bridgehead atoms. The van der Waals surface area contributed by atoms with Crippen LogP contribution in [0.2, 0.25) is 0 Å². The van der Waals surface area contributed by atoms with Crippen LogP contribution in [0.25, 0.3) is 0 Å². The molecule has 2 aromatic carbocycles. The van der Waals surface area contributed by atoms with E-state index >= 15 is 0 Å². The highest BCUT2D eigenvalue weighted by Crippen LogP contribution is 2.20. The summed E-state index contributed by atoms with van der Waals surface area (Å²) in [5, 5.41) is 0. The van der Waals surface area contributed by atoms with E-state index in [1.54, 1.807) is 18.2 Å². The Morgan fingerprint density at radius 2 is 1.89 bits per heavy atom. The molecule has 0 spiro atoms. The third-order valence-electron chi connectivity index (χ3n) is 2.50. The first-order valence-electron chi connectivity index (χ1n) is 5.25. The van der Waals surface area contributed by atoms with Crippen LogP contribution in [0, 0.1) is 11.6 Å². The van der Waals surface area contributed by atoms with Crippen molar-refractivity contribution in [1.82, 2.24) is 0 Å². The van der Waals surface area contributed by atoms with Gasteiger partial charge in [-0.15, -0.1) is 11.8 Å². The minimum absolute atomic E-state index is 0.242. The highest BCUT2D eigenvalue weighted by Gasteiger charge is 2.15. The van der Waals surface area contributed by atoms with E-state index in [2.05, 4.69) is 0 Å². The second-order valence-electron chi connectivity index (χ2n) is 3.69. The molecular formula is C14H10F2OS. The molecule has 2 rings (SSSR count). The second kappa shape index (κ2) is 5.31. The molecule has 0 atom stereocenters.